The van der Waals surface area contributed by atoms with Crippen molar-refractivity contribution < 1.29 is 9.53 Å². The topological polar surface area (TPSA) is 38.3 Å². The third kappa shape index (κ3) is 3.75. The van der Waals surface area contributed by atoms with Crippen LogP contribution in [-0.2, 0) is 4.79 Å². The van der Waals surface area contributed by atoms with Crippen LogP contribution in [0.15, 0.2) is 24.3 Å². The molecule has 1 aliphatic rings. The van der Waals surface area contributed by atoms with Crippen LogP contribution in [-0.4, -0.2) is 18.1 Å². The molecule has 1 aliphatic carbocycles. The van der Waals surface area contributed by atoms with Gasteiger partial charge in [0, 0.05) is 6.04 Å². The molecule has 1 aromatic carbocycles. The molecule has 0 aromatic heterocycles. The maximum absolute atomic E-state index is 12.1. The fraction of sp³-hybridized carbons (Fsp3) is 0.588. The molecular formula is C17H25NO2. The van der Waals surface area contributed by atoms with E-state index >= 15 is 0 Å². The zero-order chi connectivity index (χ0) is 14.5. The molecule has 3 heteroatoms. The van der Waals surface area contributed by atoms with Crippen molar-refractivity contribution in [1.82, 2.24) is 5.32 Å². The minimum Gasteiger partial charge on any atom is -0.481 e. The Morgan fingerprint density at radius 1 is 1.20 bits per heavy atom. The number of hydrogen-bond acceptors (Lipinski definition) is 2. The number of rotatable bonds is 5. The molecule has 1 atom stereocenters. The Kier molecular flexibility index (Phi) is 5.05. The van der Waals surface area contributed by atoms with Crippen molar-refractivity contribution in [1.29, 1.82) is 0 Å². The number of benzene rings is 1. The molecule has 0 heterocycles. The maximum atomic E-state index is 12.1. The molecule has 0 saturated heterocycles. The first kappa shape index (κ1) is 14.9. The van der Waals surface area contributed by atoms with E-state index in [0.29, 0.717) is 12.0 Å². The Bertz CT molecular complexity index is 450. The van der Waals surface area contributed by atoms with Gasteiger partial charge in [0.25, 0.3) is 5.91 Å². The highest BCUT2D eigenvalue weighted by atomic mass is 16.5. The van der Waals surface area contributed by atoms with Gasteiger partial charge in [0.05, 0.1) is 0 Å². The van der Waals surface area contributed by atoms with E-state index in [4.69, 9.17) is 4.74 Å². The van der Waals surface area contributed by atoms with Crippen LogP contribution >= 0.6 is 0 Å². The Balaban J connectivity index is 1.96. The van der Waals surface area contributed by atoms with Gasteiger partial charge in [-0.1, -0.05) is 44.9 Å². The molecule has 2 rings (SSSR count). The third-order valence-corrected chi connectivity index (χ3v) is 3.92. The van der Waals surface area contributed by atoms with Gasteiger partial charge in [0.1, 0.15) is 5.75 Å². The number of nitrogens with one attached hydrogen (secondary N) is 1. The van der Waals surface area contributed by atoms with E-state index < -0.39 is 6.10 Å². The average molecular weight is 275 g/mol. The van der Waals surface area contributed by atoms with E-state index in [2.05, 4.69) is 25.2 Å². The number of para-hydroxylation sites is 1. The second kappa shape index (κ2) is 6.78. The lowest BCUT2D eigenvalue weighted by atomic mass is 10.0. The molecular weight excluding hydrogens is 250 g/mol. The van der Waals surface area contributed by atoms with Crippen molar-refractivity contribution in [3.8, 4) is 5.75 Å². The molecule has 1 fully saturated rings. The van der Waals surface area contributed by atoms with Crippen LogP contribution < -0.4 is 10.1 Å². The molecule has 0 spiro atoms. The zero-order valence-corrected chi connectivity index (χ0v) is 12.7. The Morgan fingerprint density at radius 2 is 1.85 bits per heavy atom. The molecule has 3 nitrogen and oxygen atoms in total. The second-order valence-electron chi connectivity index (χ2n) is 5.94. The van der Waals surface area contributed by atoms with E-state index in [1.54, 1.807) is 0 Å². The van der Waals surface area contributed by atoms with Crippen LogP contribution in [0.3, 0.4) is 0 Å². The highest BCUT2D eigenvalue weighted by Crippen LogP contribution is 2.26. The first-order chi connectivity index (χ1) is 9.58. The Morgan fingerprint density at radius 3 is 2.50 bits per heavy atom. The summed E-state index contributed by atoms with van der Waals surface area (Å²) in [4.78, 5) is 12.1. The van der Waals surface area contributed by atoms with Gasteiger partial charge in [-0.3, -0.25) is 4.79 Å². The van der Waals surface area contributed by atoms with Crippen LogP contribution in [0, 0.1) is 0 Å². The first-order valence-corrected chi connectivity index (χ1v) is 7.64. The SMILES string of the molecule is CC(Oc1ccccc1C(C)C)C(=O)NC1CCCC1. The summed E-state index contributed by atoms with van der Waals surface area (Å²) in [7, 11) is 0. The van der Waals surface area contributed by atoms with Crippen molar-refractivity contribution in [3.05, 3.63) is 29.8 Å². The minimum atomic E-state index is -0.449. The van der Waals surface area contributed by atoms with E-state index in [1.807, 2.05) is 25.1 Å². The smallest absolute Gasteiger partial charge is 0.260 e. The van der Waals surface area contributed by atoms with Gasteiger partial charge < -0.3 is 10.1 Å². The lowest BCUT2D eigenvalue weighted by Gasteiger charge is -2.20. The van der Waals surface area contributed by atoms with Crippen molar-refractivity contribution in [2.75, 3.05) is 0 Å². The van der Waals surface area contributed by atoms with E-state index in [1.165, 1.54) is 12.8 Å². The zero-order valence-electron chi connectivity index (χ0n) is 12.7. The number of amides is 1. The molecule has 110 valence electrons. The lowest BCUT2D eigenvalue weighted by molar-refractivity contribution is -0.128. The van der Waals surface area contributed by atoms with Crippen LogP contribution in [0.2, 0.25) is 0 Å². The van der Waals surface area contributed by atoms with Crippen molar-refractivity contribution in [2.45, 2.75) is 64.5 Å². The predicted octanol–water partition coefficient (Wildman–Crippen LogP) is 3.64. The summed E-state index contributed by atoms with van der Waals surface area (Å²) in [5, 5.41) is 3.08. The monoisotopic (exact) mass is 275 g/mol. The standard InChI is InChI=1S/C17H25NO2/c1-12(2)15-10-6-7-11-16(15)20-13(3)17(19)18-14-8-4-5-9-14/h6-7,10-14H,4-5,8-9H2,1-3H3,(H,18,19). The first-order valence-electron chi connectivity index (χ1n) is 7.64. The van der Waals surface area contributed by atoms with Crippen molar-refractivity contribution >= 4 is 5.91 Å². The third-order valence-electron chi connectivity index (χ3n) is 3.92. The highest BCUT2D eigenvalue weighted by molar-refractivity contribution is 5.81. The average Bonchev–Trinajstić information content (AvgIpc) is 2.91. The fourth-order valence-electron chi connectivity index (χ4n) is 2.70. The number of carbonyl (C=O) groups excluding carboxylic acids is 1. The van der Waals surface area contributed by atoms with Crippen LogP contribution in [0.25, 0.3) is 0 Å². The van der Waals surface area contributed by atoms with Crippen molar-refractivity contribution in [3.63, 3.8) is 0 Å². The quantitative estimate of drug-likeness (QED) is 0.891. The highest BCUT2D eigenvalue weighted by Gasteiger charge is 2.22. The van der Waals surface area contributed by atoms with Gasteiger partial charge in [-0.05, 0) is 37.3 Å². The molecule has 1 unspecified atom stereocenters. The van der Waals surface area contributed by atoms with Crippen molar-refractivity contribution in [2.24, 2.45) is 0 Å². The molecule has 1 amide bonds. The van der Waals surface area contributed by atoms with E-state index in [9.17, 15) is 4.79 Å². The van der Waals surface area contributed by atoms with Crippen LogP contribution in [0.5, 0.6) is 5.75 Å². The van der Waals surface area contributed by atoms with Gasteiger partial charge in [-0.2, -0.15) is 0 Å². The lowest BCUT2D eigenvalue weighted by Crippen LogP contribution is -2.41. The van der Waals surface area contributed by atoms with E-state index in [-0.39, 0.29) is 5.91 Å². The summed E-state index contributed by atoms with van der Waals surface area (Å²) in [6.07, 6.45) is 4.19. The summed E-state index contributed by atoms with van der Waals surface area (Å²) in [5.41, 5.74) is 1.15. The summed E-state index contributed by atoms with van der Waals surface area (Å²) in [6, 6.07) is 8.29. The predicted molar refractivity (Wildman–Crippen MR) is 81.0 cm³/mol. The molecule has 1 aromatic rings. The molecule has 1 saturated carbocycles. The maximum Gasteiger partial charge on any atom is 0.260 e. The summed E-state index contributed by atoms with van der Waals surface area (Å²) >= 11 is 0. The van der Waals surface area contributed by atoms with Gasteiger partial charge in [-0.15, -0.1) is 0 Å². The summed E-state index contributed by atoms with van der Waals surface area (Å²) in [6.45, 7) is 6.08. The fourth-order valence-corrected chi connectivity index (χ4v) is 2.70. The van der Waals surface area contributed by atoms with Gasteiger partial charge in [0.2, 0.25) is 0 Å². The molecule has 0 aliphatic heterocycles. The molecule has 20 heavy (non-hydrogen) atoms. The molecule has 1 N–H and O–H groups in total. The molecule has 0 bridgehead atoms. The van der Waals surface area contributed by atoms with Crippen LogP contribution in [0.1, 0.15) is 57.9 Å². The number of hydrogen-bond donors (Lipinski definition) is 1. The number of carbonyl (C=O) groups is 1. The van der Waals surface area contributed by atoms with Gasteiger partial charge in [0.15, 0.2) is 6.10 Å². The molecule has 0 radical (unpaired) electrons. The summed E-state index contributed by atoms with van der Waals surface area (Å²) < 4.78 is 5.87. The van der Waals surface area contributed by atoms with Crippen LogP contribution in [0.4, 0.5) is 0 Å². The Labute approximate surface area is 121 Å². The Hall–Kier alpha value is -1.51. The number of ether oxygens (including phenoxy) is 1. The largest absolute Gasteiger partial charge is 0.481 e. The van der Waals surface area contributed by atoms with Gasteiger partial charge in [-0.25, -0.2) is 0 Å². The van der Waals surface area contributed by atoms with E-state index in [0.717, 1.165) is 24.2 Å². The summed E-state index contributed by atoms with van der Waals surface area (Å²) in [5.74, 6) is 1.20. The normalized spacial score (nSPS) is 17.2. The minimum absolute atomic E-state index is 0.00420. The second-order valence-corrected chi connectivity index (χ2v) is 5.94. The van der Waals surface area contributed by atoms with Gasteiger partial charge >= 0.3 is 0 Å².